The van der Waals surface area contributed by atoms with Crippen molar-refractivity contribution in [1.82, 2.24) is 4.98 Å². The summed E-state index contributed by atoms with van der Waals surface area (Å²) in [7, 11) is 0. The molecule has 2 atom stereocenters. The first-order chi connectivity index (χ1) is 10.1. The molecular formula is C17H28N2OS. The number of aromatic nitrogens is 1. The predicted molar refractivity (Wildman–Crippen MR) is 90.6 cm³/mol. The number of hydrogen-bond donors (Lipinski definition) is 0. The Morgan fingerprint density at radius 3 is 2.71 bits per heavy atom. The molecule has 0 radical (unpaired) electrons. The average molecular weight is 308 g/mol. The van der Waals surface area contributed by atoms with Gasteiger partial charge in [-0.3, -0.25) is 4.79 Å². The van der Waals surface area contributed by atoms with Crippen molar-refractivity contribution < 1.29 is 4.79 Å². The minimum atomic E-state index is 0.366. The molecule has 1 aromatic rings. The summed E-state index contributed by atoms with van der Waals surface area (Å²) in [5, 5.41) is 1.05. The van der Waals surface area contributed by atoms with Crippen LogP contribution in [0.15, 0.2) is 0 Å². The third-order valence-corrected chi connectivity index (χ3v) is 5.90. The Balaban J connectivity index is 2.14. The van der Waals surface area contributed by atoms with Gasteiger partial charge in [0.05, 0.1) is 10.6 Å². The molecule has 0 N–H and O–H groups in total. The van der Waals surface area contributed by atoms with Gasteiger partial charge in [-0.25, -0.2) is 4.98 Å². The molecule has 118 valence electrons. The predicted octanol–water partition coefficient (Wildman–Crippen LogP) is 4.73. The van der Waals surface area contributed by atoms with E-state index in [9.17, 15) is 4.79 Å². The lowest BCUT2D eigenvalue weighted by molar-refractivity contribution is 0.112. The van der Waals surface area contributed by atoms with Crippen molar-refractivity contribution in [3.63, 3.8) is 0 Å². The van der Waals surface area contributed by atoms with Crippen LogP contribution in [0.25, 0.3) is 0 Å². The zero-order valence-electron chi connectivity index (χ0n) is 13.8. The lowest BCUT2D eigenvalue weighted by Crippen LogP contribution is -2.24. The smallest absolute Gasteiger partial charge is 0.186 e. The van der Waals surface area contributed by atoms with Gasteiger partial charge >= 0.3 is 0 Å². The van der Waals surface area contributed by atoms with Gasteiger partial charge in [-0.05, 0) is 43.4 Å². The van der Waals surface area contributed by atoms with Crippen molar-refractivity contribution in [2.75, 3.05) is 18.0 Å². The fourth-order valence-electron chi connectivity index (χ4n) is 3.08. The number of rotatable bonds is 5. The van der Waals surface area contributed by atoms with Crippen molar-refractivity contribution >= 4 is 22.8 Å². The molecule has 0 amide bonds. The molecule has 21 heavy (non-hydrogen) atoms. The third-order valence-electron chi connectivity index (χ3n) is 4.84. The molecule has 0 aliphatic carbocycles. The number of carbonyl (C=O) groups excluding carboxylic acids is 1. The minimum absolute atomic E-state index is 0.366. The van der Waals surface area contributed by atoms with Crippen LogP contribution in [0, 0.1) is 11.8 Å². The quantitative estimate of drug-likeness (QED) is 0.737. The van der Waals surface area contributed by atoms with Gasteiger partial charge in [-0.15, -0.1) is 0 Å². The molecule has 1 aliphatic heterocycles. The van der Waals surface area contributed by atoms with Crippen molar-refractivity contribution in [3.05, 3.63) is 10.6 Å². The molecular weight excluding hydrogens is 280 g/mol. The number of carbonyl (C=O) groups is 1. The first-order valence-electron chi connectivity index (χ1n) is 8.27. The highest BCUT2D eigenvalue weighted by Gasteiger charge is 2.23. The Bertz CT molecular complexity index is 469. The largest absolute Gasteiger partial charge is 0.348 e. The van der Waals surface area contributed by atoms with Crippen LogP contribution in [0.2, 0.25) is 0 Å². The van der Waals surface area contributed by atoms with E-state index in [2.05, 4.69) is 32.6 Å². The molecule has 1 aromatic heterocycles. The van der Waals surface area contributed by atoms with E-state index < -0.39 is 0 Å². The summed E-state index contributed by atoms with van der Waals surface area (Å²) in [4.78, 5) is 19.3. The molecule has 1 fully saturated rings. The van der Waals surface area contributed by atoms with Crippen LogP contribution in [-0.2, 0) is 0 Å². The van der Waals surface area contributed by atoms with Gasteiger partial charge in [0.2, 0.25) is 0 Å². The molecule has 0 saturated carbocycles. The monoisotopic (exact) mass is 308 g/mol. The Morgan fingerprint density at radius 2 is 2.10 bits per heavy atom. The molecule has 0 bridgehead atoms. The van der Waals surface area contributed by atoms with Crippen molar-refractivity contribution in [2.45, 2.75) is 59.3 Å². The number of hydrogen-bond acceptors (Lipinski definition) is 4. The topological polar surface area (TPSA) is 33.2 Å². The number of aldehydes is 1. The van der Waals surface area contributed by atoms with E-state index >= 15 is 0 Å². The molecule has 2 rings (SSSR count). The summed E-state index contributed by atoms with van der Waals surface area (Å²) in [6.07, 6.45) is 5.80. The fraction of sp³-hybridized carbons (Fsp3) is 0.765. The number of thiazole rings is 1. The van der Waals surface area contributed by atoms with Gasteiger partial charge in [0.15, 0.2) is 11.4 Å². The second-order valence-corrected chi connectivity index (χ2v) is 7.60. The van der Waals surface area contributed by atoms with E-state index in [1.165, 1.54) is 19.3 Å². The van der Waals surface area contributed by atoms with Gasteiger partial charge in [-0.2, -0.15) is 0 Å². The highest BCUT2D eigenvalue weighted by atomic mass is 32.1. The lowest BCUT2D eigenvalue weighted by Gasteiger charge is -2.20. The summed E-state index contributed by atoms with van der Waals surface area (Å²) in [5.74, 6) is 1.96. The Kier molecular flexibility index (Phi) is 5.80. The van der Waals surface area contributed by atoms with Crippen LogP contribution in [0.5, 0.6) is 0 Å². The Morgan fingerprint density at radius 1 is 1.33 bits per heavy atom. The Labute approximate surface area is 132 Å². The van der Waals surface area contributed by atoms with Crippen molar-refractivity contribution in [2.24, 2.45) is 11.8 Å². The maximum atomic E-state index is 11.3. The van der Waals surface area contributed by atoms with Crippen LogP contribution >= 0.6 is 11.3 Å². The van der Waals surface area contributed by atoms with Crippen LogP contribution in [-0.4, -0.2) is 24.4 Å². The molecule has 0 aromatic carbocycles. The summed E-state index contributed by atoms with van der Waals surface area (Å²) in [6.45, 7) is 11.1. The number of anilines is 1. The summed E-state index contributed by atoms with van der Waals surface area (Å²) >= 11 is 1.58. The van der Waals surface area contributed by atoms with E-state index in [1.54, 1.807) is 11.3 Å². The van der Waals surface area contributed by atoms with Gasteiger partial charge in [0.1, 0.15) is 0 Å². The molecule has 2 unspecified atom stereocenters. The Hall–Kier alpha value is -0.900. The van der Waals surface area contributed by atoms with E-state index in [0.29, 0.717) is 5.92 Å². The summed E-state index contributed by atoms with van der Waals surface area (Å²) < 4.78 is 0. The minimum Gasteiger partial charge on any atom is -0.348 e. The zero-order valence-corrected chi connectivity index (χ0v) is 14.6. The van der Waals surface area contributed by atoms with E-state index in [1.807, 2.05) is 0 Å². The van der Waals surface area contributed by atoms with Gasteiger partial charge in [0.25, 0.3) is 0 Å². The molecule has 1 aliphatic rings. The fourth-order valence-corrected chi connectivity index (χ4v) is 4.13. The van der Waals surface area contributed by atoms with Crippen molar-refractivity contribution in [3.8, 4) is 0 Å². The first-order valence-corrected chi connectivity index (χ1v) is 9.09. The van der Waals surface area contributed by atoms with Crippen LogP contribution in [0.3, 0.4) is 0 Å². The van der Waals surface area contributed by atoms with E-state index in [4.69, 9.17) is 4.98 Å². The maximum absolute atomic E-state index is 11.3. The second kappa shape index (κ2) is 7.39. The van der Waals surface area contributed by atoms with Gasteiger partial charge in [0, 0.05) is 13.1 Å². The van der Waals surface area contributed by atoms with Gasteiger partial charge < -0.3 is 4.90 Å². The first kappa shape index (κ1) is 16.5. The third kappa shape index (κ3) is 3.85. The molecule has 4 heteroatoms. The summed E-state index contributed by atoms with van der Waals surface area (Å²) in [6, 6.07) is 0. The summed E-state index contributed by atoms with van der Waals surface area (Å²) in [5.41, 5.74) is 0.997. The highest BCUT2D eigenvalue weighted by Crippen LogP contribution is 2.33. The SMILES string of the molecule is CCC(C)c1nc(N2CCCC(C(C)C)CC2)sc1C=O. The second-order valence-electron chi connectivity index (χ2n) is 6.60. The maximum Gasteiger partial charge on any atom is 0.186 e. The van der Waals surface area contributed by atoms with E-state index in [0.717, 1.165) is 53.3 Å². The van der Waals surface area contributed by atoms with Gasteiger partial charge in [-0.1, -0.05) is 39.0 Å². The van der Waals surface area contributed by atoms with Crippen molar-refractivity contribution in [1.29, 1.82) is 0 Å². The molecule has 1 saturated heterocycles. The van der Waals surface area contributed by atoms with Crippen LogP contribution in [0.1, 0.15) is 74.7 Å². The lowest BCUT2D eigenvalue weighted by atomic mass is 9.89. The molecule has 0 spiro atoms. The van der Waals surface area contributed by atoms with Crippen LogP contribution in [0.4, 0.5) is 5.13 Å². The zero-order chi connectivity index (χ0) is 15.4. The average Bonchev–Trinajstić information content (AvgIpc) is 2.75. The highest BCUT2D eigenvalue weighted by molar-refractivity contribution is 7.17. The van der Waals surface area contributed by atoms with E-state index in [-0.39, 0.29) is 0 Å². The van der Waals surface area contributed by atoms with Crippen LogP contribution < -0.4 is 4.90 Å². The normalized spacial score (nSPS) is 21.4. The number of nitrogens with zero attached hydrogens (tertiary/aromatic N) is 2. The molecule has 3 nitrogen and oxygen atoms in total. The molecule has 2 heterocycles. The standard InChI is InChI=1S/C17H28N2OS/c1-5-13(4)16-15(11-20)21-17(18-16)19-9-6-7-14(8-10-19)12(2)3/h11-14H,5-10H2,1-4H3.